The summed E-state index contributed by atoms with van der Waals surface area (Å²) in [6, 6.07) is 7.39. The Morgan fingerprint density at radius 2 is 2.17 bits per heavy atom. The van der Waals surface area contributed by atoms with Crippen molar-refractivity contribution in [2.45, 2.75) is 24.6 Å². The maximum atomic E-state index is 12.1. The molecule has 1 heterocycles. The van der Waals surface area contributed by atoms with Gasteiger partial charge in [-0.15, -0.1) is 0 Å². The Morgan fingerprint density at radius 3 is 2.83 bits per heavy atom. The van der Waals surface area contributed by atoms with Crippen LogP contribution in [0.5, 0.6) is 5.75 Å². The SMILES string of the molecule is COc1ccccc1CS(=O)(=O)CC1CCCN1. The molecule has 18 heavy (non-hydrogen) atoms. The topological polar surface area (TPSA) is 55.4 Å². The minimum atomic E-state index is -3.09. The van der Waals surface area contributed by atoms with Crippen LogP contribution in [-0.2, 0) is 15.6 Å². The summed E-state index contributed by atoms with van der Waals surface area (Å²) >= 11 is 0. The fourth-order valence-corrected chi connectivity index (χ4v) is 4.05. The molecular weight excluding hydrogens is 250 g/mol. The molecule has 5 heteroatoms. The van der Waals surface area contributed by atoms with Gasteiger partial charge in [0.1, 0.15) is 5.75 Å². The fourth-order valence-electron chi connectivity index (χ4n) is 2.32. The van der Waals surface area contributed by atoms with Crippen LogP contribution in [0.4, 0.5) is 0 Å². The second kappa shape index (κ2) is 5.71. The van der Waals surface area contributed by atoms with Gasteiger partial charge in [0.15, 0.2) is 9.84 Å². The van der Waals surface area contributed by atoms with Gasteiger partial charge in [0, 0.05) is 11.6 Å². The molecule has 2 rings (SSSR count). The number of sulfone groups is 1. The molecular formula is C13H19NO3S. The minimum Gasteiger partial charge on any atom is -0.496 e. The van der Waals surface area contributed by atoms with Crippen molar-refractivity contribution in [3.8, 4) is 5.75 Å². The van der Waals surface area contributed by atoms with Crippen molar-refractivity contribution < 1.29 is 13.2 Å². The third-order valence-corrected chi connectivity index (χ3v) is 4.85. The van der Waals surface area contributed by atoms with E-state index in [0.717, 1.165) is 24.9 Å². The third kappa shape index (κ3) is 3.46. The highest BCUT2D eigenvalue weighted by Crippen LogP contribution is 2.21. The van der Waals surface area contributed by atoms with Gasteiger partial charge in [-0.25, -0.2) is 8.42 Å². The number of nitrogens with one attached hydrogen (secondary N) is 1. The van der Waals surface area contributed by atoms with Crippen LogP contribution in [0.2, 0.25) is 0 Å². The highest BCUT2D eigenvalue weighted by molar-refractivity contribution is 7.90. The molecule has 0 radical (unpaired) electrons. The Hall–Kier alpha value is -1.07. The van der Waals surface area contributed by atoms with Gasteiger partial charge in [0.05, 0.1) is 18.6 Å². The molecule has 1 aliphatic heterocycles. The van der Waals surface area contributed by atoms with Gasteiger partial charge in [0.25, 0.3) is 0 Å². The van der Waals surface area contributed by atoms with Gasteiger partial charge in [-0.3, -0.25) is 0 Å². The zero-order valence-electron chi connectivity index (χ0n) is 10.6. The number of para-hydroxylation sites is 1. The Morgan fingerprint density at radius 1 is 1.39 bits per heavy atom. The number of methoxy groups -OCH3 is 1. The largest absolute Gasteiger partial charge is 0.496 e. The van der Waals surface area contributed by atoms with Gasteiger partial charge >= 0.3 is 0 Å². The molecule has 1 atom stereocenters. The maximum absolute atomic E-state index is 12.1. The van der Waals surface area contributed by atoms with E-state index in [1.807, 2.05) is 12.1 Å². The predicted octanol–water partition coefficient (Wildman–Crippen LogP) is 1.36. The number of rotatable bonds is 5. The van der Waals surface area contributed by atoms with Gasteiger partial charge in [-0.1, -0.05) is 18.2 Å². The first-order valence-electron chi connectivity index (χ1n) is 6.16. The molecule has 0 saturated carbocycles. The summed E-state index contributed by atoms with van der Waals surface area (Å²) in [7, 11) is -1.53. The minimum absolute atomic E-state index is 0.0508. The van der Waals surface area contributed by atoms with Crippen molar-refractivity contribution in [1.82, 2.24) is 5.32 Å². The summed E-state index contributed by atoms with van der Waals surface area (Å²) in [5, 5.41) is 3.22. The first kappa shape index (κ1) is 13.4. The van der Waals surface area contributed by atoms with Crippen molar-refractivity contribution in [2.75, 3.05) is 19.4 Å². The van der Waals surface area contributed by atoms with Gasteiger partial charge in [-0.05, 0) is 25.5 Å². The van der Waals surface area contributed by atoms with Crippen LogP contribution in [0.3, 0.4) is 0 Å². The smallest absolute Gasteiger partial charge is 0.156 e. The molecule has 0 aliphatic carbocycles. The van der Waals surface area contributed by atoms with E-state index in [2.05, 4.69) is 5.32 Å². The summed E-state index contributed by atoms with van der Waals surface area (Å²) in [6.07, 6.45) is 2.01. The average Bonchev–Trinajstić information content (AvgIpc) is 2.81. The average molecular weight is 269 g/mol. The Labute approximate surface area is 108 Å². The second-order valence-electron chi connectivity index (χ2n) is 4.66. The van der Waals surface area contributed by atoms with Gasteiger partial charge < -0.3 is 10.1 Å². The highest BCUT2D eigenvalue weighted by Gasteiger charge is 2.23. The van der Waals surface area contributed by atoms with E-state index in [0.29, 0.717) is 5.75 Å². The second-order valence-corrected chi connectivity index (χ2v) is 6.77. The lowest BCUT2D eigenvalue weighted by atomic mass is 10.2. The van der Waals surface area contributed by atoms with Crippen molar-refractivity contribution in [2.24, 2.45) is 0 Å². The predicted molar refractivity (Wildman–Crippen MR) is 71.5 cm³/mol. The van der Waals surface area contributed by atoms with Crippen LogP contribution < -0.4 is 10.1 Å². The highest BCUT2D eigenvalue weighted by atomic mass is 32.2. The van der Waals surface area contributed by atoms with Crippen LogP contribution in [0.1, 0.15) is 18.4 Å². The molecule has 100 valence electrons. The van der Waals surface area contributed by atoms with Crippen LogP contribution in [-0.4, -0.2) is 33.9 Å². The molecule has 4 nitrogen and oxygen atoms in total. The van der Waals surface area contributed by atoms with E-state index < -0.39 is 9.84 Å². The summed E-state index contributed by atoms with van der Waals surface area (Å²) in [5.41, 5.74) is 0.734. The fraction of sp³-hybridized carbons (Fsp3) is 0.538. The third-order valence-electron chi connectivity index (χ3n) is 3.19. The van der Waals surface area contributed by atoms with Crippen LogP contribution in [0.15, 0.2) is 24.3 Å². The number of hydrogen-bond acceptors (Lipinski definition) is 4. The van der Waals surface area contributed by atoms with Gasteiger partial charge in [0.2, 0.25) is 0 Å². The van der Waals surface area contributed by atoms with E-state index in [1.165, 1.54) is 0 Å². The van der Waals surface area contributed by atoms with E-state index in [-0.39, 0.29) is 17.5 Å². The van der Waals surface area contributed by atoms with E-state index in [4.69, 9.17) is 4.74 Å². The number of hydrogen-bond donors (Lipinski definition) is 1. The zero-order valence-corrected chi connectivity index (χ0v) is 11.4. The molecule has 1 unspecified atom stereocenters. The first-order chi connectivity index (χ1) is 8.61. The van der Waals surface area contributed by atoms with Gasteiger partial charge in [-0.2, -0.15) is 0 Å². The lowest BCUT2D eigenvalue weighted by molar-refractivity contribution is 0.411. The molecule has 0 spiro atoms. The lowest BCUT2D eigenvalue weighted by Gasteiger charge is -2.12. The summed E-state index contributed by atoms with van der Waals surface area (Å²) < 4.78 is 29.4. The summed E-state index contributed by atoms with van der Waals surface area (Å²) in [5.74, 6) is 0.903. The molecule has 1 aliphatic rings. The van der Waals surface area contributed by atoms with Crippen LogP contribution in [0, 0.1) is 0 Å². The summed E-state index contributed by atoms with van der Waals surface area (Å²) in [6.45, 7) is 0.925. The quantitative estimate of drug-likeness (QED) is 0.877. The van der Waals surface area contributed by atoms with Crippen molar-refractivity contribution >= 4 is 9.84 Å². The maximum Gasteiger partial charge on any atom is 0.156 e. The molecule has 0 amide bonds. The number of ether oxygens (including phenoxy) is 1. The van der Waals surface area contributed by atoms with Crippen molar-refractivity contribution in [1.29, 1.82) is 0 Å². The molecule has 0 aromatic heterocycles. The molecule has 1 saturated heterocycles. The van der Waals surface area contributed by atoms with Crippen LogP contribution in [0.25, 0.3) is 0 Å². The summed E-state index contributed by atoms with van der Waals surface area (Å²) in [4.78, 5) is 0. The molecule has 1 aromatic carbocycles. The van der Waals surface area contributed by atoms with E-state index in [1.54, 1.807) is 19.2 Å². The zero-order chi connectivity index (χ0) is 13.0. The Bertz CT molecular complexity index is 493. The van der Waals surface area contributed by atoms with E-state index >= 15 is 0 Å². The molecule has 1 fully saturated rings. The molecule has 0 bridgehead atoms. The normalized spacial score (nSPS) is 19.9. The molecule has 1 aromatic rings. The monoisotopic (exact) mass is 269 g/mol. The first-order valence-corrected chi connectivity index (χ1v) is 7.98. The number of benzene rings is 1. The van der Waals surface area contributed by atoms with Crippen molar-refractivity contribution in [3.63, 3.8) is 0 Å². The standard InChI is InChI=1S/C13H19NO3S/c1-17-13-7-3-2-5-11(13)9-18(15,16)10-12-6-4-8-14-12/h2-3,5,7,12,14H,4,6,8-10H2,1H3. The van der Waals surface area contributed by atoms with Crippen molar-refractivity contribution in [3.05, 3.63) is 29.8 Å². The van der Waals surface area contributed by atoms with Crippen LogP contribution >= 0.6 is 0 Å². The van der Waals surface area contributed by atoms with E-state index in [9.17, 15) is 8.42 Å². The molecule has 1 N–H and O–H groups in total. The Balaban J connectivity index is 2.06. The lowest BCUT2D eigenvalue weighted by Crippen LogP contribution is -2.30. The Kier molecular flexibility index (Phi) is 4.24.